The fourth-order valence-electron chi connectivity index (χ4n) is 3.11. The van der Waals surface area contributed by atoms with Gasteiger partial charge in [0.05, 0.1) is 12.1 Å². The number of piperidine rings is 1. The lowest BCUT2D eigenvalue weighted by Gasteiger charge is -2.35. The van der Waals surface area contributed by atoms with Gasteiger partial charge in [0.2, 0.25) is 5.91 Å². The first kappa shape index (κ1) is 19.6. The van der Waals surface area contributed by atoms with Gasteiger partial charge in [-0.2, -0.15) is 0 Å². The summed E-state index contributed by atoms with van der Waals surface area (Å²) in [6, 6.07) is 0.409. The summed E-state index contributed by atoms with van der Waals surface area (Å²) in [6.07, 6.45) is 7.09. The molecule has 2 aliphatic rings. The highest BCUT2D eigenvalue weighted by molar-refractivity contribution is 7.99. The van der Waals surface area contributed by atoms with Crippen LogP contribution in [0.15, 0.2) is 12.4 Å². The maximum absolute atomic E-state index is 12.5. The number of rotatable bonds is 3. The average Bonchev–Trinajstić information content (AvgIpc) is 3.17. The number of carbonyl (C=O) groups excluding carboxylic acids is 1. The lowest BCUT2D eigenvalue weighted by molar-refractivity contribution is -0.134. The third-order valence-corrected chi connectivity index (χ3v) is 5.12. The van der Waals surface area contributed by atoms with Crippen molar-refractivity contribution in [3.63, 3.8) is 0 Å². The standard InChI is InChI=1S/C14H22N4OS.2ClH/c1-2-13-15-5-7-18(13)11-4-3-6-17(8-11)14(19)12-9-20-10-16-12;;/h5,7,11-12,16H,2-4,6,8-10H2,1H3;2*1H. The third-order valence-electron chi connectivity index (χ3n) is 4.18. The van der Waals surface area contributed by atoms with Gasteiger partial charge in [0.15, 0.2) is 0 Å². The van der Waals surface area contributed by atoms with Gasteiger partial charge in [-0.15, -0.1) is 36.6 Å². The summed E-state index contributed by atoms with van der Waals surface area (Å²) in [7, 11) is 0. The summed E-state index contributed by atoms with van der Waals surface area (Å²) in [5.74, 6) is 3.21. The van der Waals surface area contributed by atoms with Gasteiger partial charge in [-0.25, -0.2) is 4.98 Å². The maximum atomic E-state index is 12.5. The first-order valence-electron chi connectivity index (χ1n) is 7.41. The molecule has 22 heavy (non-hydrogen) atoms. The number of aryl methyl sites for hydroxylation is 1. The Bertz CT molecular complexity index is 479. The molecular formula is C14H24Cl2N4OS. The van der Waals surface area contributed by atoms with Crippen LogP contribution in [0.4, 0.5) is 0 Å². The summed E-state index contributed by atoms with van der Waals surface area (Å²) >= 11 is 1.81. The van der Waals surface area contributed by atoms with Crippen molar-refractivity contribution in [2.45, 2.75) is 38.3 Å². The largest absolute Gasteiger partial charge is 0.339 e. The van der Waals surface area contributed by atoms with Crippen LogP contribution in [-0.4, -0.2) is 51.1 Å². The van der Waals surface area contributed by atoms with Crippen molar-refractivity contribution < 1.29 is 4.79 Å². The molecule has 0 radical (unpaired) electrons. The number of likely N-dealkylation sites (tertiary alicyclic amines) is 1. The number of hydrogen-bond donors (Lipinski definition) is 1. The minimum absolute atomic E-state index is 0. The summed E-state index contributed by atoms with van der Waals surface area (Å²) < 4.78 is 2.26. The van der Waals surface area contributed by atoms with E-state index >= 15 is 0 Å². The van der Waals surface area contributed by atoms with Gasteiger partial charge in [0.25, 0.3) is 0 Å². The Morgan fingerprint density at radius 1 is 1.50 bits per heavy atom. The highest BCUT2D eigenvalue weighted by atomic mass is 35.5. The van der Waals surface area contributed by atoms with Crippen molar-refractivity contribution >= 4 is 42.5 Å². The molecular weight excluding hydrogens is 343 g/mol. The number of thioether (sulfide) groups is 1. The van der Waals surface area contributed by atoms with Gasteiger partial charge in [0, 0.05) is 43.5 Å². The highest BCUT2D eigenvalue weighted by Crippen LogP contribution is 2.24. The van der Waals surface area contributed by atoms with Gasteiger partial charge in [0.1, 0.15) is 5.82 Å². The second kappa shape index (κ2) is 9.01. The van der Waals surface area contributed by atoms with Gasteiger partial charge in [-0.3, -0.25) is 10.1 Å². The molecule has 0 spiro atoms. The molecule has 0 bridgehead atoms. The van der Waals surface area contributed by atoms with E-state index in [2.05, 4.69) is 28.0 Å². The van der Waals surface area contributed by atoms with E-state index in [9.17, 15) is 4.79 Å². The smallest absolute Gasteiger partial charge is 0.240 e. The topological polar surface area (TPSA) is 50.2 Å². The van der Waals surface area contributed by atoms with Crippen LogP contribution in [0.5, 0.6) is 0 Å². The fourth-order valence-corrected chi connectivity index (χ4v) is 4.04. The number of nitrogens with zero attached hydrogens (tertiary/aromatic N) is 3. The molecule has 3 rings (SSSR count). The fraction of sp³-hybridized carbons (Fsp3) is 0.714. The van der Waals surface area contributed by atoms with Crippen LogP contribution in [-0.2, 0) is 11.2 Å². The Hall–Kier alpha value is -0.430. The Morgan fingerprint density at radius 3 is 3.00 bits per heavy atom. The number of carbonyl (C=O) groups is 1. The zero-order chi connectivity index (χ0) is 13.9. The number of halogens is 2. The Labute approximate surface area is 148 Å². The lowest BCUT2D eigenvalue weighted by atomic mass is 10.0. The van der Waals surface area contributed by atoms with Crippen molar-refractivity contribution in [2.75, 3.05) is 24.7 Å². The SMILES string of the molecule is CCc1nccn1C1CCCN(C(=O)C2CSCN2)C1.Cl.Cl. The molecule has 3 heterocycles. The molecule has 2 aliphatic heterocycles. The summed E-state index contributed by atoms with van der Waals surface area (Å²) in [6.45, 7) is 3.85. The molecule has 0 aromatic carbocycles. The first-order chi connectivity index (χ1) is 9.79. The summed E-state index contributed by atoms with van der Waals surface area (Å²) in [5.41, 5.74) is 0. The lowest BCUT2D eigenvalue weighted by Crippen LogP contribution is -2.49. The molecule has 126 valence electrons. The maximum Gasteiger partial charge on any atom is 0.240 e. The minimum Gasteiger partial charge on any atom is -0.339 e. The number of imidazole rings is 1. The van der Waals surface area contributed by atoms with Crippen molar-refractivity contribution in [3.8, 4) is 0 Å². The quantitative estimate of drug-likeness (QED) is 0.889. The average molecular weight is 367 g/mol. The van der Waals surface area contributed by atoms with Crippen LogP contribution in [0, 0.1) is 0 Å². The van der Waals surface area contributed by atoms with Gasteiger partial charge in [-0.1, -0.05) is 6.92 Å². The second-order valence-corrected chi connectivity index (χ2v) is 6.49. The predicted molar refractivity (Wildman–Crippen MR) is 95.2 cm³/mol. The Morgan fingerprint density at radius 2 is 2.32 bits per heavy atom. The zero-order valence-electron chi connectivity index (χ0n) is 12.7. The van der Waals surface area contributed by atoms with Crippen molar-refractivity contribution in [1.82, 2.24) is 19.8 Å². The van der Waals surface area contributed by atoms with Crippen molar-refractivity contribution in [2.24, 2.45) is 0 Å². The third kappa shape index (κ3) is 4.10. The molecule has 2 unspecified atom stereocenters. The molecule has 1 amide bonds. The molecule has 1 aromatic heterocycles. The van der Waals surface area contributed by atoms with E-state index < -0.39 is 0 Å². The van der Waals surface area contributed by atoms with Gasteiger partial charge >= 0.3 is 0 Å². The van der Waals surface area contributed by atoms with E-state index in [1.807, 2.05) is 11.1 Å². The summed E-state index contributed by atoms with van der Waals surface area (Å²) in [5, 5.41) is 3.28. The van der Waals surface area contributed by atoms with Crippen LogP contribution in [0.2, 0.25) is 0 Å². The number of hydrogen-bond acceptors (Lipinski definition) is 4. The Kier molecular flexibility index (Phi) is 8.03. The molecule has 8 heteroatoms. The molecule has 2 fully saturated rings. The van der Waals surface area contributed by atoms with Crippen LogP contribution < -0.4 is 5.32 Å². The second-order valence-electron chi connectivity index (χ2n) is 5.46. The monoisotopic (exact) mass is 366 g/mol. The number of amides is 1. The van der Waals surface area contributed by atoms with E-state index in [0.717, 1.165) is 49.8 Å². The van der Waals surface area contributed by atoms with Crippen LogP contribution in [0.25, 0.3) is 0 Å². The molecule has 1 N–H and O–H groups in total. The van der Waals surface area contributed by atoms with Crippen molar-refractivity contribution in [3.05, 3.63) is 18.2 Å². The molecule has 2 saturated heterocycles. The van der Waals surface area contributed by atoms with Gasteiger partial charge < -0.3 is 9.47 Å². The molecule has 2 atom stereocenters. The van der Waals surface area contributed by atoms with E-state index in [4.69, 9.17) is 0 Å². The van der Waals surface area contributed by atoms with Crippen LogP contribution >= 0.6 is 36.6 Å². The van der Waals surface area contributed by atoms with Crippen molar-refractivity contribution in [1.29, 1.82) is 0 Å². The Balaban J connectivity index is 0.00000121. The minimum atomic E-state index is 0. The van der Waals surface area contributed by atoms with Crippen LogP contribution in [0.1, 0.15) is 31.6 Å². The van der Waals surface area contributed by atoms with E-state index in [-0.39, 0.29) is 36.8 Å². The first-order valence-corrected chi connectivity index (χ1v) is 8.56. The molecule has 1 aromatic rings. The predicted octanol–water partition coefficient (Wildman–Crippen LogP) is 2.12. The summed E-state index contributed by atoms with van der Waals surface area (Å²) in [4.78, 5) is 18.9. The normalized spacial score (nSPS) is 24.5. The van der Waals surface area contributed by atoms with Crippen LogP contribution in [0.3, 0.4) is 0 Å². The number of aromatic nitrogens is 2. The number of nitrogens with one attached hydrogen (secondary N) is 1. The molecule has 5 nitrogen and oxygen atoms in total. The van der Waals surface area contributed by atoms with Gasteiger partial charge in [-0.05, 0) is 12.8 Å². The molecule has 0 aliphatic carbocycles. The van der Waals surface area contributed by atoms with E-state index in [1.165, 1.54) is 0 Å². The molecule has 0 saturated carbocycles. The van der Waals surface area contributed by atoms with E-state index in [0.29, 0.717) is 6.04 Å². The van der Waals surface area contributed by atoms with E-state index in [1.54, 1.807) is 11.8 Å². The zero-order valence-corrected chi connectivity index (χ0v) is 15.2. The highest BCUT2D eigenvalue weighted by Gasteiger charge is 2.31.